The second-order valence-electron chi connectivity index (χ2n) is 8.16. The van der Waals surface area contributed by atoms with Gasteiger partial charge in [0.25, 0.3) is 5.91 Å². The van der Waals surface area contributed by atoms with Gasteiger partial charge in [-0.25, -0.2) is 4.39 Å². The van der Waals surface area contributed by atoms with E-state index in [0.717, 1.165) is 27.4 Å². The Morgan fingerprint density at radius 1 is 0.971 bits per heavy atom. The van der Waals surface area contributed by atoms with Crippen LogP contribution < -0.4 is 14.8 Å². The molecule has 1 N–H and O–H groups in total. The van der Waals surface area contributed by atoms with E-state index in [1.54, 1.807) is 32.4 Å². The van der Waals surface area contributed by atoms with Gasteiger partial charge < -0.3 is 23.9 Å². The molecule has 5 rings (SSSR count). The van der Waals surface area contributed by atoms with Gasteiger partial charge in [-0.1, -0.05) is 12.1 Å². The first kappa shape index (κ1) is 21.6. The lowest BCUT2D eigenvalue weighted by molar-refractivity contribution is 0.101. The number of nitrogens with zero attached hydrogens (tertiary/aromatic N) is 2. The first-order valence-corrected chi connectivity index (χ1v) is 10.8. The largest absolute Gasteiger partial charge is 0.497 e. The van der Waals surface area contributed by atoms with E-state index in [-0.39, 0.29) is 11.7 Å². The molecular weight excluding hydrogens is 433 g/mol. The number of rotatable bonds is 6. The van der Waals surface area contributed by atoms with Crippen molar-refractivity contribution in [3.63, 3.8) is 0 Å². The number of halogens is 1. The Balaban J connectivity index is 1.60. The van der Waals surface area contributed by atoms with Crippen molar-refractivity contribution in [2.24, 2.45) is 7.05 Å². The molecule has 6 nitrogen and oxygen atoms in total. The van der Waals surface area contributed by atoms with Crippen LogP contribution in [0.5, 0.6) is 11.5 Å². The van der Waals surface area contributed by atoms with Crippen molar-refractivity contribution in [3.8, 4) is 11.5 Å². The Kier molecular flexibility index (Phi) is 5.45. The molecule has 0 bridgehead atoms. The Hall–Kier alpha value is -4.26. The van der Waals surface area contributed by atoms with E-state index in [0.29, 0.717) is 29.4 Å². The Morgan fingerprint density at radius 3 is 2.59 bits per heavy atom. The number of amides is 1. The van der Waals surface area contributed by atoms with Gasteiger partial charge in [-0.15, -0.1) is 0 Å². The zero-order valence-corrected chi connectivity index (χ0v) is 19.1. The van der Waals surface area contributed by atoms with Gasteiger partial charge in [-0.3, -0.25) is 4.79 Å². The minimum atomic E-state index is -0.328. The standard InChI is InChI=1S/C27H24FN3O3/c1-30-10-9-18-12-20(7-8-23(18)30)29-27(32)25-15-22-24(13-21(33-2)14-26(22)34-3)31(25)16-17-5-4-6-19(28)11-17/h4-15H,16H2,1-3H3,(H,29,32). The van der Waals surface area contributed by atoms with Crippen LogP contribution in [0.3, 0.4) is 0 Å². The van der Waals surface area contributed by atoms with Crippen LogP contribution in [-0.4, -0.2) is 29.3 Å². The van der Waals surface area contributed by atoms with E-state index in [2.05, 4.69) is 5.32 Å². The van der Waals surface area contributed by atoms with Crippen LogP contribution >= 0.6 is 0 Å². The Labute approximate surface area is 196 Å². The fourth-order valence-corrected chi connectivity index (χ4v) is 4.32. The van der Waals surface area contributed by atoms with Gasteiger partial charge in [-0.05, 0) is 48.0 Å². The van der Waals surface area contributed by atoms with E-state index < -0.39 is 0 Å². The quantitative estimate of drug-likeness (QED) is 0.362. The van der Waals surface area contributed by atoms with Gasteiger partial charge in [0.1, 0.15) is 23.0 Å². The number of hydrogen-bond acceptors (Lipinski definition) is 3. The SMILES string of the molecule is COc1cc(OC)c2cc(C(=O)Nc3ccc4c(ccn4C)c3)n(Cc3cccc(F)c3)c2c1. The second-order valence-corrected chi connectivity index (χ2v) is 8.16. The summed E-state index contributed by atoms with van der Waals surface area (Å²) in [5.74, 6) is 0.590. The van der Waals surface area contributed by atoms with Crippen molar-refractivity contribution in [1.29, 1.82) is 0 Å². The van der Waals surface area contributed by atoms with Gasteiger partial charge in [-0.2, -0.15) is 0 Å². The van der Waals surface area contributed by atoms with E-state index >= 15 is 0 Å². The summed E-state index contributed by atoms with van der Waals surface area (Å²) >= 11 is 0. The third kappa shape index (κ3) is 3.85. The smallest absolute Gasteiger partial charge is 0.272 e. The normalized spacial score (nSPS) is 11.2. The van der Waals surface area contributed by atoms with Gasteiger partial charge >= 0.3 is 0 Å². The average molecular weight is 458 g/mol. The number of aryl methyl sites for hydroxylation is 1. The van der Waals surface area contributed by atoms with Crippen LogP contribution in [-0.2, 0) is 13.6 Å². The lowest BCUT2D eigenvalue weighted by Crippen LogP contribution is -2.17. The molecule has 1 amide bonds. The van der Waals surface area contributed by atoms with Crippen LogP contribution in [0.2, 0.25) is 0 Å². The first-order chi connectivity index (χ1) is 16.5. The molecule has 0 fully saturated rings. The number of carbonyl (C=O) groups is 1. The van der Waals surface area contributed by atoms with Crippen molar-refractivity contribution in [2.75, 3.05) is 19.5 Å². The number of anilines is 1. The number of benzene rings is 3. The maximum Gasteiger partial charge on any atom is 0.272 e. The van der Waals surface area contributed by atoms with Crippen LogP contribution in [0.15, 0.2) is 72.9 Å². The fourth-order valence-electron chi connectivity index (χ4n) is 4.32. The number of methoxy groups -OCH3 is 2. The van der Waals surface area contributed by atoms with E-state index in [1.165, 1.54) is 12.1 Å². The number of aromatic nitrogens is 2. The summed E-state index contributed by atoms with van der Waals surface area (Å²) in [6, 6.07) is 19.6. The minimum absolute atomic E-state index is 0.274. The summed E-state index contributed by atoms with van der Waals surface area (Å²) in [5, 5.41) is 4.81. The molecular formula is C27H24FN3O3. The predicted molar refractivity (Wildman–Crippen MR) is 131 cm³/mol. The highest BCUT2D eigenvalue weighted by Gasteiger charge is 2.20. The van der Waals surface area contributed by atoms with Crippen LogP contribution in [0.1, 0.15) is 16.1 Å². The average Bonchev–Trinajstić information content (AvgIpc) is 3.38. The number of fused-ring (bicyclic) bond motifs is 2. The molecule has 0 spiro atoms. The summed E-state index contributed by atoms with van der Waals surface area (Å²) in [6.07, 6.45) is 1.98. The molecule has 2 heterocycles. The molecule has 7 heteroatoms. The number of carbonyl (C=O) groups excluding carboxylic acids is 1. The highest BCUT2D eigenvalue weighted by Crippen LogP contribution is 2.34. The molecule has 5 aromatic rings. The summed E-state index contributed by atoms with van der Waals surface area (Å²) in [5.41, 5.74) is 3.69. The lowest BCUT2D eigenvalue weighted by atomic mass is 10.2. The Morgan fingerprint density at radius 2 is 1.82 bits per heavy atom. The Bertz CT molecular complexity index is 1530. The van der Waals surface area contributed by atoms with E-state index in [1.807, 2.05) is 58.8 Å². The highest BCUT2D eigenvalue weighted by molar-refractivity contribution is 6.08. The molecule has 172 valence electrons. The monoisotopic (exact) mass is 457 g/mol. The summed E-state index contributed by atoms with van der Waals surface area (Å²) in [7, 11) is 5.13. The molecule has 0 aliphatic rings. The van der Waals surface area contributed by atoms with E-state index in [4.69, 9.17) is 9.47 Å². The molecule has 0 aliphatic carbocycles. The van der Waals surface area contributed by atoms with Gasteiger partial charge in [0.15, 0.2) is 0 Å². The lowest BCUT2D eigenvalue weighted by Gasteiger charge is -2.13. The zero-order valence-electron chi connectivity index (χ0n) is 19.1. The predicted octanol–water partition coefficient (Wildman–Crippen LogP) is 5.59. The third-order valence-corrected chi connectivity index (χ3v) is 6.02. The van der Waals surface area contributed by atoms with Crippen molar-refractivity contribution in [1.82, 2.24) is 9.13 Å². The molecule has 34 heavy (non-hydrogen) atoms. The summed E-state index contributed by atoms with van der Waals surface area (Å²) in [6.45, 7) is 0.304. The maximum atomic E-state index is 13.9. The van der Waals surface area contributed by atoms with Crippen molar-refractivity contribution in [3.05, 3.63) is 90.0 Å². The molecule has 0 saturated heterocycles. The number of ether oxygens (including phenoxy) is 2. The van der Waals surface area contributed by atoms with Crippen LogP contribution in [0, 0.1) is 5.82 Å². The van der Waals surface area contributed by atoms with Crippen LogP contribution in [0.25, 0.3) is 21.8 Å². The fraction of sp³-hybridized carbons (Fsp3) is 0.148. The van der Waals surface area contributed by atoms with Gasteiger partial charge in [0, 0.05) is 53.9 Å². The van der Waals surface area contributed by atoms with Crippen LogP contribution in [0.4, 0.5) is 10.1 Å². The maximum absolute atomic E-state index is 13.9. The molecule has 0 radical (unpaired) electrons. The van der Waals surface area contributed by atoms with Gasteiger partial charge in [0.05, 0.1) is 19.7 Å². The molecule has 2 aromatic heterocycles. The zero-order chi connectivity index (χ0) is 23.8. The van der Waals surface area contributed by atoms with Crippen molar-refractivity contribution < 1.29 is 18.7 Å². The molecule has 0 saturated carbocycles. The molecule has 3 aromatic carbocycles. The van der Waals surface area contributed by atoms with Crippen molar-refractivity contribution in [2.45, 2.75) is 6.54 Å². The number of hydrogen-bond donors (Lipinski definition) is 1. The molecule has 0 atom stereocenters. The number of nitrogens with one attached hydrogen (secondary N) is 1. The molecule has 0 aliphatic heterocycles. The highest BCUT2D eigenvalue weighted by atomic mass is 19.1. The summed E-state index contributed by atoms with van der Waals surface area (Å²) < 4.78 is 28.8. The summed E-state index contributed by atoms with van der Waals surface area (Å²) in [4.78, 5) is 13.5. The van der Waals surface area contributed by atoms with Gasteiger partial charge in [0.2, 0.25) is 0 Å². The second kappa shape index (κ2) is 8.59. The van der Waals surface area contributed by atoms with E-state index in [9.17, 15) is 9.18 Å². The molecule has 0 unspecified atom stereocenters. The third-order valence-electron chi connectivity index (χ3n) is 6.02. The van der Waals surface area contributed by atoms with Crippen molar-refractivity contribution >= 4 is 33.4 Å². The minimum Gasteiger partial charge on any atom is -0.497 e. The first-order valence-electron chi connectivity index (χ1n) is 10.8. The topological polar surface area (TPSA) is 57.4 Å².